The third-order valence-electron chi connectivity index (χ3n) is 3.41. The second-order valence-corrected chi connectivity index (χ2v) is 4.30. The Labute approximate surface area is 86.7 Å². The molecule has 0 N–H and O–H groups in total. The zero-order chi connectivity index (χ0) is 11.1. The lowest BCUT2D eigenvalue weighted by atomic mass is 9.99. The molecule has 0 bridgehead atoms. The molecule has 0 aromatic rings. The molecule has 1 heterocycles. The van der Waals surface area contributed by atoms with E-state index < -0.39 is 11.8 Å². The fourth-order valence-corrected chi connectivity index (χ4v) is 2.59. The number of hydrogen-bond acceptors (Lipinski definition) is 2. The van der Waals surface area contributed by atoms with Crippen molar-refractivity contribution in [1.29, 1.82) is 5.26 Å². The maximum absolute atomic E-state index is 13.3. The van der Waals surface area contributed by atoms with Gasteiger partial charge in [-0.3, -0.25) is 4.79 Å². The number of likely N-dealkylation sites (tertiary alicyclic amines) is 1. The van der Waals surface area contributed by atoms with E-state index in [0.29, 0.717) is 13.0 Å². The summed E-state index contributed by atoms with van der Waals surface area (Å²) in [5.41, 5.74) is 0. The molecule has 2 atom stereocenters. The number of alkyl halides is 2. The van der Waals surface area contributed by atoms with E-state index in [4.69, 9.17) is 5.26 Å². The van der Waals surface area contributed by atoms with Crippen molar-refractivity contribution < 1.29 is 13.6 Å². The van der Waals surface area contributed by atoms with Gasteiger partial charge >= 0.3 is 0 Å². The summed E-state index contributed by atoms with van der Waals surface area (Å²) in [7, 11) is 0. The number of hydrogen-bond donors (Lipinski definition) is 0. The molecular formula is C10H12F2N2O. The van der Waals surface area contributed by atoms with Gasteiger partial charge in [0.25, 0.3) is 5.92 Å². The Morgan fingerprint density at radius 1 is 1.53 bits per heavy atom. The van der Waals surface area contributed by atoms with E-state index in [1.807, 2.05) is 0 Å². The number of nitrogens with zero attached hydrogens (tertiary/aromatic N) is 2. The minimum Gasteiger partial charge on any atom is -0.341 e. The van der Waals surface area contributed by atoms with Crippen LogP contribution in [0.2, 0.25) is 0 Å². The number of carbonyl (C=O) groups is 1. The summed E-state index contributed by atoms with van der Waals surface area (Å²) in [5.74, 6) is -3.68. The van der Waals surface area contributed by atoms with E-state index in [-0.39, 0.29) is 31.2 Å². The molecule has 1 aliphatic carbocycles. The Bertz CT molecular complexity index is 324. The third kappa shape index (κ3) is 1.69. The highest BCUT2D eigenvalue weighted by molar-refractivity contribution is 5.78. The first-order chi connectivity index (χ1) is 7.04. The van der Waals surface area contributed by atoms with Crippen molar-refractivity contribution in [3.8, 4) is 6.07 Å². The number of halogens is 2. The molecule has 1 saturated carbocycles. The van der Waals surface area contributed by atoms with E-state index in [9.17, 15) is 13.6 Å². The first kappa shape index (κ1) is 10.3. The van der Waals surface area contributed by atoms with Crippen LogP contribution in [0.25, 0.3) is 0 Å². The van der Waals surface area contributed by atoms with E-state index in [1.54, 1.807) is 6.07 Å². The van der Waals surface area contributed by atoms with Crippen molar-refractivity contribution in [2.75, 3.05) is 13.1 Å². The van der Waals surface area contributed by atoms with Crippen LogP contribution in [0, 0.1) is 23.2 Å². The highest BCUT2D eigenvalue weighted by Crippen LogP contribution is 2.48. The van der Waals surface area contributed by atoms with Gasteiger partial charge in [0, 0.05) is 25.4 Å². The van der Waals surface area contributed by atoms with Gasteiger partial charge in [-0.05, 0) is 12.3 Å². The minimum absolute atomic E-state index is 0.0530. The van der Waals surface area contributed by atoms with E-state index in [0.717, 1.165) is 0 Å². The lowest BCUT2D eigenvalue weighted by molar-refractivity contribution is -0.130. The predicted molar refractivity (Wildman–Crippen MR) is 48.0 cm³/mol. The SMILES string of the molecule is N#CCC(=O)N1C[C@@H]2CCC(F)(F)[C@H]2C1. The van der Waals surface area contributed by atoms with Crippen molar-refractivity contribution in [1.82, 2.24) is 4.90 Å². The molecular weight excluding hydrogens is 202 g/mol. The lowest BCUT2D eigenvalue weighted by Gasteiger charge is -2.19. The summed E-state index contributed by atoms with van der Waals surface area (Å²) < 4.78 is 26.6. The van der Waals surface area contributed by atoms with E-state index in [1.165, 1.54) is 4.90 Å². The maximum Gasteiger partial charge on any atom is 0.252 e. The fraction of sp³-hybridized carbons (Fsp3) is 0.800. The normalized spacial score (nSPS) is 32.5. The van der Waals surface area contributed by atoms with Crippen LogP contribution in [-0.2, 0) is 4.79 Å². The zero-order valence-corrected chi connectivity index (χ0v) is 8.25. The summed E-state index contributed by atoms with van der Waals surface area (Å²) >= 11 is 0. The van der Waals surface area contributed by atoms with Gasteiger partial charge in [0.2, 0.25) is 5.91 Å². The van der Waals surface area contributed by atoms with Crippen LogP contribution in [0.15, 0.2) is 0 Å². The number of carbonyl (C=O) groups excluding carboxylic acids is 1. The summed E-state index contributed by atoms with van der Waals surface area (Å²) in [6.45, 7) is 0.527. The average Bonchev–Trinajstić information content (AvgIpc) is 2.68. The van der Waals surface area contributed by atoms with Crippen LogP contribution in [0.4, 0.5) is 8.78 Å². The van der Waals surface area contributed by atoms with Gasteiger partial charge in [0.05, 0.1) is 6.07 Å². The third-order valence-corrected chi connectivity index (χ3v) is 3.41. The van der Waals surface area contributed by atoms with Crippen LogP contribution in [0.1, 0.15) is 19.3 Å². The Kier molecular flexibility index (Phi) is 2.37. The lowest BCUT2D eigenvalue weighted by Crippen LogP contribution is -2.32. The van der Waals surface area contributed by atoms with Gasteiger partial charge in [0.1, 0.15) is 6.42 Å². The molecule has 15 heavy (non-hydrogen) atoms. The summed E-state index contributed by atoms with van der Waals surface area (Å²) in [4.78, 5) is 12.8. The Morgan fingerprint density at radius 3 is 2.87 bits per heavy atom. The van der Waals surface area contributed by atoms with Crippen molar-refractivity contribution >= 4 is 5.91 Å². The zero-order valence-electron chi connectivity index (χ0n) is 8.25. The molecule has 0 radical (unpaired) electrons. The van der Waals surface area contributed by atoms with Crippen LogP contribution < -0.4 is 0 Å². The van der Waals surface area contributed by atoms with Crippen molar-refractivity contribution in [3.63, 3.8) is 0 Å². The molecule has 1 amide bonds. The molecule has 82 valence electrons. The summed E-state index contributed by atoms with van der Waals surface area (Å²) in [6, 6.07) is 1.75. The van der Waals surface area contributed by atoms with Crippen LogP contribution >= 0.6 is 0 Å². The molecule has 2 aliphatic rings. The highest BCUT2D eigenvalue weighted by Gasteiger charge is 2.54. The van der Waals surface area contributed by atoms with Gasteiger partial charge in [0.15, 0.2) is 0 Å². The number of amides is 1. The number of rotatable bonds is 1. The van der Waals surface area contributed by atoms with Gasteiger partial charge in [-0.15, -0.1) is 0 Å². The summed E-state index contributed by atoms with van der Waals surface area (Å²) in [5, 5.41) is 8.36. The minimum atomic E-state index is -2.62. The van der Waals surface area contributed by atoms with Gasteiger partial charge in [-0.1, -0.05) is 0 Å². The smallest absolute Gasteiger partial charge is 0.252 e. The highest BCUT2D eigenvalue weighted by atomic mass is 19.3. The van der Waals surface area contributed by atoms with Crippen molar-refractivity contribution in [3.05, 3.63) is 0 Å². The Hall–Kier alpha value is -1.18. The fourth-order valence-electron chi connectivity index (χ4n) is 2.59. The molecule has 0 aromatic carbocycles. The number of fused-ring (bicyclic) bond motifs is 1. The maximum atomic E-state index is 13.3. The monoisotopic (exact) mass is 214 g/mol. The molecule has 0 aromatic heterocycles. The second-order valence-electron chi connectivity index (χ2n) is 4.30. The topological polar surface area (TPSA) is 44.1 Å². The summed E-state index contributed by atoms with van der Waals surface area (Å²) in [6.07, 6.45) is 0.238. The molecule has 1 saturated heterocycles. The van der Waals surface area contributed by atoms with Gasteiger partial charge < -0.3 is 4.90 Å². The van der Waals surface area contributed by atoms with Crippen molar-refractivity contribution in [2.45, 2.75) is 25.2 Å². The van der Waals surface area contributed by atoms with Crippen LogP contribution in [0.3, 0.4) is 0 Å². The molecule has 2 rings (SSSR count). The molecule has 0 unspecified atom stereocenters. The largest absolute Gasteiger partial charge is 0.341 e. The second kappa shape index (κ2) is 3.44. The average molecular weight is 214 g/mol. The quantitative estimate of drug-likeness (QED) is 0.662. The van der Waals surface area contributed by atoms with Gasteiger partial charge in [-0.25, -0.2) is 8.78 Å². The first-order valence-corrected chi connectivity index (χ1v) is 5.07. The van der Waals surface area contributed by atoms with Crippen LogP contribution in [-0.4, -0.2) is 29.8 Å². The molecule has 3 nitrogen and oxygen atoms in total. The van der Waals surface area contributed by atoms with E-state index >= 15 is 0 Å². The predicted octanol–water partition coefficient (Wildman–Crippen LogP) is 1.40. The Morgan fingerprint density at radius 2 is 2.27 bits per heavy atom. The van der Waals surface area contributed by atoms with Crippen LogP contribution in [0.5, 0.6) is 0 Å². The van der Waals surface area contributed by atoms with Gasteiger partial charge in [-0.2, -0.15) is 5.26 Å². The molecule has 1 aliphatic heterocycles. The standard InChI is InChI=1S/C10H12F2N2O/c11-10(12)3-1-7-5-14(6-8(7)10)9(15)2-4-13/h7-8H,1-3,5-6H2/t7-,8-/m0/s1. The molecule has 5 heteroatoms. The van der Waals surface area contributed by atoms with Crippen molar-refractivity contribution in [2.24, 2.45) is 11.8 Å². The Balaban J connectivity index is 2.02. The first-order valence-electron chi connectivity index (χ1n) is 5.07. The van der Waals surface area contributed by atoms with E-state index in [2.05, 4.69) is 0 Å². The number of nitriles is 1. The molecule has 2 fully saturated rings. The molecule has 0 spiro atoms.